The highest BCUT2D eigenvalue weighted by Crippen LogP contribution is 2.12. The Morgan fingerprint density at radius 3 is 1.65 bits per heavy atom. The molecule has 0 fully saturated rings. The molecule has 1 N–H and O–H groups in total. The molecule has 0 spiro atoms. The normalized spacial score (nSPS) is 12.5. The van der Waals surface area contributed by atoms with Crippen LogP contribution >= 0.6 is 0 Å². The van der Waals surface area contributed by atoms with Crippen molar-refractivity contribution in [3.63, 3.8) is 0 Å². The average Bonchev–Trinajstić information content (AvgIpc) is 2.39. The first-order valence-electron chi connectivity index (χ1n) is 8.23. The Morgan fingerprint density at radius 2 is 1.25 bits per heavy atom. The van der Waals surface area contributed by atoms with Gasteiger partial charge in [-0.25, -0.2) is 4.79 Å². The molecule has 0 heterocycles. The van der Waals surface area contributed by atoms with Gasteiger partial charge >= 0.3 is 5.97 Å². The molecule has 0 aromatic heterocycles. The first-order chi connectivity index (χ1) is 9.66. The highest BCUT2D eigenvalue weighted by Gasteiger charge is 2.10. The highest BCUT2D eigenvalue weighted by molar-refractivity contribution is 7.92. The lowest BCUT2D eigenvalue weighted by molar-refractivity contribution is -0.134. The summed E-state index contributed by atoms with van der Waals surface area (Å²) in [7, 11) is 0. The number of rotatable bonds is 15. The zero-order valence-electron chi connectivity index (χ0n) is 13.1. The molecule has 0 aliphatic heterocycles. The summed E-state index contributed by atoms with van der Waals surface area (Å²) in [6.07, 6.45) is 15.3. The number of aliphatic carboxylic acids is 1. The van der Waals surface area contributed by atoms with E-state index in [-0.39, 0.29) is 5.75 Å². The molecule has 1 unspecified atom stereocenters. The monoisotopic (exact) mass is 304 g/mol. The first-order valence-corrected chi connectivity index (χ1v) is 9.72. The molecule has 120 valence electrons. The Labute approximate surface area is 127 Å². The Hall–Kier alpha value is -0.220. The van der Waals surface area contributed by atoms with Crippen molar-refractivity contribution in [3.05, 3.63) is 0 Å². The number of hydrogen-bond acceptors (Lipinski definition) is 2. The van der Waals surface area contributed by atoms with Crippen LogP contribution in [-0.4, -0.2) is 27.1 Å². The van der Waals surface area contributed by atoms with E-state index in [4.69, 9.17) is 5.11 Å². The summed E-state index contributed by atoms with van der Waals surface area (Å²) >= 11 is -1.16. The van der Waals surface area contributed by atoms with Crippen LogP contribution in [0.2, 0.25) is 0 Å². The van der Waals surface area contributed by atoms with Crippen molar-refractivity contribution < 1.29 is 14.5 Å². The topological polar surface area (TPSA) is 60.4 Å². The maximum Gasteiger partial charge on any atom is 0.353 e. The van der Waals surface area contributed by atoms with Gasteiger partial charge in [-0.2, -0.15) is 0 Å². The van der Waals surface area contributed by atoms with Gasteiger partial charge in [-0.3, -0.25) is 0 Å². The molecular weight excluding hydrogens is 272 g/mol. The second kappa shape index (κ2) is 15.2. The van der Waals surface area contributed by atoms with Crippen molar-refractivity contribution in [3.8, 4) is 0 Å². The van der Waals surface area contributed by atoms with E-state index in [1.807, 2.05) is 0 Å². The third-order valence-corrected chi connectivity index (χ3v) is 4.82. The summed E-state index contributed by atoms with van der Waals surface area (Å²) in [6, 6.07) is 0. The van der Waals surface area contributed by atoms with Crippen molar-refractivity contribution in [2.45, 2.75) is 84.0 Å². The maximum atomic E-state index is 11.3. The van der Waals surface area contributed by atoms with Crippen LogP contribution in [0.3, 0.4) is 0 Å². The summed E-state index contributed by atoms with van der Waals surface area (Å²) in [5.74, 6) is -0.607. The molecule has 0 amide bonds. The summed E-state index contributed by atoms with van der Waals surface area (Å²) in [4.78, 5) is 10.3. The molecule has 0 aromatic rings. The number of carboxylic acid groups (broad SMARTS) is 1. The van der Waals surface area contributed by atoms with Crippen molar-refractivity contribution in [2.75, 3.05) is 11.5 Å². The van der Waals surface area contributed by atoms with Crippen LogP contribution in [0, 0.1) is 0 Å². The minimum absolute atomic E-state index is 0.196. The van der Waals surface area contributed by atoms with E-state index in [0.29, 0.717) is 5.75 Å². The fourth-order valence-electron chi connectivity index (χ4n) is 2.31. The molecule has 0 aliphatic rings. The molecule has 4 heteroatoms. The molecule has 1 atom stereocenters. The van der Waals surface area contributed by atoms with Gasteiger partial charge in [0, 0.05) is 0 Å². The van der Waals surface area contributed by atoms with Crippen LogP contribution in [0.25, 0.3) is 0 Å². The lowest BCUT2D eigenvalue weighted by atomic mass is 10.1. The van der Waals surface area contributed by atoms with Crippen molar-refractivity contribution >= 4 is 17.1 Å². The second-order valence-corrected chi connectivity index (χ2v) is 7.15. The zero-order valence-corrected chi connectivity index (χ0v) is 13.9. The van der Waals surface area contributed by atoms with Gasteiger partial charge in [-0.1, -0.05) is 71.1 Å². The molecular formula is C16H32O3S. The van der Waals surface area contributed by atoms with Crippen LogP contribution in [0.4, 0.5) is 0 Å². The van der Waals surface area contributed by atoms with Crippen LogP contribution in [0.15, 0.2) is 0 Å². The van der Waals surface area contributed by atoms with Gasteiger partial charge in [0.2, 0.25) is 5.75 Å². The number of carbonyl (C=O) groups is 1. The van der Waals surface area contributed by atoms with Crippen LogP contribution in [-0.2, 0) is 16.0 Å². The molecule has 0 saturated heterocycles. The zero-order chi connectivity index (χ0) is 15.1. The minimum Gasteiger partial charge on any atom is -0.616 e. The maximum absolute atomic E-state index is 11.3. The second-order valence-electron chi connectivity index (χ2n) is 5.57. The van der Waals surface area contributed by atoms with Gasteiger partial charge in [0.1, 0.15) is 5.75 Å². The summed E-state index contributed by atoms with van der Waals surface area (Å²) < 4.78 is 11.3. The number of hydrogen-bond donors (Lipinski definition) is 1. The predicted octanol–water partition coefficient (Wildman–Crippen LogP) is 4.52. The Balaban J connectivity index is 3.08. The fraction of sp³-hybridized carbons (Fsp3) is 0.938. The lowest BCUT2D eigenvalue weighted by Crippen LogP contribution is -2.18. The van der Waals surface area contributed by atoms with Crippen LogP contribution in [0.5, 0.6) is 0 Å². The van der Waals surface area contributed by atoms with E-state index in [0.717, 1.165) is 12.8 Å². The summed E-state index contributed by atoms with van der Waals surface area (Å²) in [5.41, 5.74) is 0. The smallest absolute Gasteiger partial charge is 0.353 e. The standard InChI is InChI=1S/C16H32O3S/c1-2-3-4-5-6-7-8-9-10-11-12-13-14-20(19)15-16(17)18/h2-15H2,1H3,(H,17,18). The fourth-order valence-corrected chi connectivity index (χ4v) is 3.26. The van der Waals surface area contributed by atoms with E-state index in [1.54, 1.807) is 0 Å². The van der Waals surface area contributed by atoms with Crippen molar-refractivity contribution in [1.82, 2.24) is 0 Å². The lowest BCUT2D eigenvalue weighted by Gasteiger charge is -2.08. The van der Waals surface area contributed by atoms with Gasteiger partial charge in [-0.05, 0) is 24.0 Å². The average molecular weight is 304 g/mol. The quantitative estimate of drug-likeness (QED) is 0.357. The van der Waals surface area contributed by atoms with Gasteiger partial charge < -0.3 is 9.66 Å². The van der Waals surface area contributed by atoms with E-state index in [9.17, 15) is 9.35 Å². The SMILES string of the molecule is CCCCCCCCCCCCCC[S+]([O-])CC(=O)O. The molecule has 0 radical (unpaired) electrons. The Bertz CT molecular complexity index is 222. The van der Waals surface area contributed by atoms with Gasteiger partial charge in [0.25, 0.3) is 0 Å². The molecule has 0 rings (SSSR count). The van der Waals surface area contributed by atoms with E-state index >= 15 is 0 Å². The molecule has 0 aliphatic carbocycles. The predicted molar refractivity (Wildman–Crippen MR) is 86.6 cm³/mol. The third-order valence-electron chi connectivity index (χ3n) is 3.51. The van der Waals surface area contributed by atoms with E-state index < -0.39 is 17.1 Å². The summed E-state index contributed by atoms with van der Waals surface area (Å²) in [6.45, 7) is 2.25. The van der Waals surface area contributed by atoms with Crippen LogP contribution < -0.4 is 0 Å². The molecule has 0 bridgehead atoms. The molecule has 3 nitrogen and oxygen atoms in total. The number of unbranched alkanes of at least 4 members (excludes halogenated alkanes) is 11. The van der Waals surface area contributed by atoms with Crippen molar-refractivity contribution in [2.24, 2.45) is 0 Å². The van der Waals surface area contributed by atoms with Gasteiger partial charge in [0.15, 0.2) is 0 Å². The van der Waals surface area contributed by atoms with Gasteiger partial charge in [-0.15, -0.1) is 0 Å². The summed E-state index contributed by atoms with van der Waals surface area (Å²) in [5, 5.41) is 8.48. The Kier molecular flexibility index (Phi) is 15.0. The molecule has 0 saturated carbocycles. The van der Waals surface area contributed by atoms with Crippen molar-refractivity contribution in [1.29, 1.82) is 0 Å². The van der Waals surface area contributed by atoms with E-state index in [2.05, 4.69) is 6.92 Å². The van der Waals surface area contributed by atoms with Gasteiger partial charge in [0.05, 0.1) is 0 Å². The molecule has 20 heavy (non-hydrogen) atoms. The van der Waals surface area contributed by atoms with Crippen LogP contribution in [0.1, 0.15) is 84.0 Å². The minimum atomic E-state index is -1.16. The highest BCUT2D eigenvalue weighted by atomic mass is 32.2. The Morgan fingerprint density at radius 1 is 0.850 bits per heavy atom. The van der Waals surface area contributed by atoms with E-state index in [1.165, 1.54) is 64.2 Å². The first kappa shape index (κ1) is 19.8. The number of carboxylic acids is 1. The third kappa shape index (κ3) is 15.8. The molecule has 0 aromatic carbocycles. The largest absolute Gasteiger partial charge is 0.616 e.